The highest BCUT2D eigenvalue weighted by molar-refractivity contribution is 6.74. The van der Waals surface area contributed by atoms with Crippen LogP contribution in [0.4, 0.5) is 0 Å². The van der Waals surface area contributed by atoms with Crippen LogP contribution in [0.25, 0.3) is 0 Å². The van der Waals surface area contributed by atoms with E-state index in [2.05, 4.69) is 39.2 Å². The molecule has 32 heavy (non-hydrogen) atoms. The van der Waals surface area contributed by atoms with Gasteiger partial charge in [-0.05, 0) is 30.1 Å². The molecule has 2 N–H and O–H groups in total. The number of amides is 1. The van der Waals surface area contributed by atoms with Crippen LogP contribution in [0.3, 0.4) is 0 Å². The predicted octanol–water partition coefficient (Wildman–Crippen LogP) is 4.22. The maximum Gasteiger partial charge on any atom is 0.335 e. The number of esters is 1. The fourth-order valence-corrected chi connectivity index (χ4v) is 4.41. The number of ether oxygens (including phenoxy) is 1. The molecule has 1 aliphatic rings. The Bertz CT molecular complexity index is 831. The summed E-state index contributed by atoms with van der Waals surface area (Å²) in [5.41, 5.74) is 0.745. The zero-order chi connectivity index (χ0) is 23.9. The number of carbonyl (C=O) groups is 3. The summed E-state index contributed by atoms with van der Waals surface area (Å²) in [7, 11) is -2.25. The van der Waals surface area contributed by atoms with Crippen molar-refractivity contribution in [2.75, 3.05) is 6.54 Å². The summed E-state index contributed by atoms with van der Waals surface area (Å²) >= 11 is 0. The van der Waals surface area contributed by atoms with E-state index in [4.69, 9.17) is 9.16 Å². The molecule has 0 fully saturated rings. The van der Waals surface area contributed by atoms with E-state index in [0.717, 1.165) is 5.56 Å². The summed E-state index contributed by atoms with van der Waals surface area (Å²) in [6.45, 7) is 10.5. The van der Waals surface area contributed by atoms with Crippen LogP contribution in [0.1, 0.15) is 51.7 Å². The van der Waals surface area contributed by atoms with E-state index in [1.54, 1.807) is 12.2 Å². The summed E-state index contributed by atoms with van der Waals surface area (Å²) in [4.78, 5) is 37.0. The fourth-order valence-electron chi connectivity index (χ4n) is 3.15. The number of benzene rings is 1. The first-order chi connectivity index (χ1) is 14.9. The highest BCUT2D eigenvalue weighted by atomic mass is 28.4. The molecule has 2 rings (SSSR count). The number of aliphatic carboxylic acids is 1. The highest BCUT2D eigenvalue weighted by Crippen LogP contribution is 2.38. The number of hydrogen-bond donors (Lipinski definition) is 2. The van der Waals surface area contributed by atoms with Crippen molar-refractivity contribution in [3.8, 4) is 0 Å². The summed E-state index contributed by atoms with van der Waals surface area (Å²) in [6.07, 6.45) is 2.36. The minimum Gasteiger partial charge on any atom is -0.481 e. The van der Waals surface area contributed by atoms with Crippen LogP contribution in [0.15, 0.2) is 42.5 Å². The van der Waals surface area contributed by atoms with E-state index in [1.807, 2.05) is 30.3 Å². The Morgan fingerprint density at radius 2 is 1.78 bits per heavy atom. The molecule has 0 unspecified atom stereocenters. The molecule has 0 spiro atoms. The van der Waals surface area contributed by atoms with Crippen LogP contribution in [-0.2, 0) is 23.5 Å². The van der Waals surface area contributed by atoms with Gasteiger partial charge in [0.25, 0.3) is 0 Å². The lowest BCUT2D eigenvalue weighted by molar-refractivity contribution is -0.158. The molecule has 176 valence electrons. The number of cyclic esters (lactones) is 1. The van der Waals surface area contributed by atoms with Crippen LogP contribution in [0.5, 0.6) is 0 Å². The SMILES string of the molecule is CC(C)(C)[Si](C)(C)O[C@H]1C/C=C/C[C@@H](CC(=O)O)C(=O)NC[C@@H](c2ccccc2)OC1=O. The van der Waals surface area contributed by atoms with Gasteiger partial charge in [-0.25, -0.2) is 4.79 Å². The Kier molecular flexibility index (Phi) is 8.80. The summed E-state index contributed by atoms with van der Waals surface area (Å²) < 4.78 is 12.2. The first-order valence-electron chi connectivity index (χ1n) is 11.0. The average Bonchev–Trinajstić information content (AvgIpc) is 2.70. The van der Waals surface area contributed by atoms with E-state index in [9.17, 15) is 19.5 Å². The topological polar surface area (TPSA) is 102 Å². The zero-order valence-electron chi connectivity index (χ0n) is 19.6. The van der Waals surface area contributed by atoms with Crippen molar-refractivity contribution >= 4 is 26.2 Å². The third kappa shape index (κ3) is 7.31. The van der Waals surface area contributed by atoms with Gasteiger partial charge in [0.1, 0.15) is 12.2 Å². The van der Waals surface area contributed by atoms with Crippen molar-refractivity contribution in [2.24, 2.45) is 5.92 Å². The van der Waals surface area contributed by atoms with Gasteiger partial charge in [0.05, 0.1) is 18.9 Å². The monoisotopic (exact) mass is 461 g/mol. The van der Waals surface area contributed by atoms with Gasteiger partial charge in [-0.15, -0.1) is 0 Å². The Morgan fingerprint density at radius 3 is 2.38 bits per heavy atom. The number of nitrogens with one attached hydrogen (secondary N) is 1. The fraction of sp³-hybridized carbons (Fsp3) is 0.542. The van der Waals surface area contributed by atoms with E-state index >= 15 is 0 Å². The molecule has 1 amide bonds. The van der Waals surface area contributed by atoms with Crippen molar-refractivity contribution < 1.29 is 28.7 Å². The van der Waals surface area contributed by atoms with Gasteiger partial charge in [-0.2, -0.15) is 0 Å². The number of allylic oxidation sites excluding steroid dienone is 1. The third-order valence-electron chi connectivity index (χ3n) is 6.13. The van der Waals surface area contributed by atoms with Crippen molar-refractivity contribution in [3.05, 3.63) is 48.0 Å². The van der Waals surface area contributed by atoms with Gasteiger partial charge in [0, 0.05) is 6.42 Å². The standard InChI is InChI=1S/C24H35NO6Si/c1-24(2,3)32(4,5)31-19-14-10-9-13-18(15-21(26)27)22(28)25-16-20(30-23(19)29)17-11-7-6-8-12-17/h6-12,18-20H,13-16H2,1-5H3,(H,25,28)(H,26,27)/b10-9+/t18-,19-,20-/m0/s1. The van der Waals surface area contributed by atoms with Crippen molar-refractivity contribution in [1.82, 2.24) is 5.32 Å². The quantitative estimate of drug-likeness (QED) is 0.387. The maximum atomic E-state index is 13.2. The van der Waals surface area contributed by atoms with Crippen molar-refractivity contribution in [2.45, 2.75) is 70.4 Å². The molecular weight excluding hydrogens is 426 g/mol. The van der Waals surface area contributed by atoms with Crippen LogP contribution in [0, 0.1) is 5.92 Å². The summed E-state index contributed by atoms with van der Waals surface area (Å²) in [6, 6.07) is 9.18. The molecule has 8 heteroatoms. The number of rotatable bonds is 5. The van der Waals surface area contributed by atoms with Gasteiger partial charge in [-0.3, -0.25) is 9.59 Å². The van der Waals surface area contributed by atoms with Gasteiger partial charge in [0.15, 0.2) is 8.32 Å². The Morgan fingerprint density at radius 1 is 1.16 bits per heavy atom. The van der Waals surface area contributed by atoms with Crippen LogP contribution >= 0.6 is 0 Å². The minimum atomic E-state index is -2.25. The molecule has 0 radical (unpaired) electrons. The van der Waals surface area contributed by atoms with Crippen LogP contribution < -0.4 is 5.32 Å². The second kappa shape index (κ2) is 10.9. The molecule has 0 bridgehead atoms. The first-order valence-corrected chi connectivity index (χ1v) is 13.9. The molecule has 1 aliphatic heterocycles. The number of carboxylic acid groups (broad SMARTS) is 1. The molecule has 3 atom stereocenters. The van der Waals surface area contributed by atoms with E-state index in [0.29, 0.717) is 6.42 Å². The average molecular weight is 462 g/mol. The molecule has 0 aliphatic carbocycles. The van der Waals surface area contributed by atoms with Crippen LogP contribution in [0.2, 0.25) is 18.1 Å². The minimum absolute atomic E-state index is 0.0568. The molecule has 0 saturated heterocycles. The summed E-state index contributed by atoms with van der Waals surface area (Å²) in [5.74, 6) is -2.57. The lowest BCUT2D eigenvalue weighted by Gasteiger charge is -2.38. The van der Waals surface area contributed by atoms with Crippen LogP contribution in [-0.4, -0.2) is 43.9 Å². The van der Waals surface area contributed by atoms with Gasteiger partial charge < -0.3 is 19.6 Å². The van der Waals surface area contributed by atoms with Gasteiger partial charge in [0.2, 0.25) is 5.91 Å². The summed E-state index contributed by atoms with van der Waals surface area (Å²) in [5, 5.41) is 11.9. The lowest BCUT2D eigenvalue weighted by atomic mass is 9.99. The van der Waals surface area contributed by atoms with E-state index in [-0.39, 0.29) is 30.3 Å². The Hall–Kier alpha value is -2.45. The zero-order valence-corrected chi connectivity index (χ0v) is 20.6. The number of hydrogen-bond acceptors (Lipinski definition) is 5. The predicted molar refractivity (Wildman–Crippen MR) is 124 cm³/mol. The van der Waals surface area contributed by atoms with Crippen molar-refractivity contribution in [1.29, 1.82) is 0 Å². The van der Waals surface area contributed by atoms with Gasteiger partial charge >= 0.3 is 11.9 Å². The smallest absolute Gasteiger partial charge is 0.335 e. The molecule has 0 saturated carbocycles. The first kappa shape index (κ1) is 25.8. The second-order valence-corrected chi connectivity index (χ2v) is 14.4. The third-order valence-corrected chi connectivity index (χ3v) is 10.6. The molecule has 1 heterocycles. The highest BCUT2D eigenvalue weighted by Gasteiger charge is 2.41. The Balaban J connectivity index is 2.35. The van der Waals surface area contributed by atoms with E-state index < -0.39 is 38.4 Å². The molecule has 1 aromatic rings. The molecule has 0 aromatic heterocycles. The second-order valence-electron chi connectivity index (χ2n) is 9.69. The largest absolute Gasteiger partial charge is 0.481 e. The molecule has 7 nitrogen and oxygen atoms in total. The molecular formula is C24H35NO6Si. The van der Waals surface area contributed by atoms with Crippen molar-refractivity contribution in [3.63, 3.8) is 0 Å². The molecule has 1 aromatic carbocycles. The Labute approximate surface area is 191 Å². The lowest BCUT2D eigenvalue weighted by Crippen LogP contribution is -2.47. The number of carboxylic acids is 1. The van der Waals surface area contributed by atoms with E-state index in [1.165, 1.54) is 0 Å². The van der Waals surface area contributed by atoms with Gasteiger partial charge in [-0.1, -0.05) is 63.3 Å². The normalized spacial score (nSPS) is 24.5. The number of carbonyl (C=O) groups excluding carboxylic acids is 2. The maximum absolute atomic E-state index is 13.2.